The summed E-state index contributed by atoms with van der Waals surface area (Å²) < 4.78 is 1.06. The summed E-state index contributed by atoms with van der Waals surface area (Å²) >= 11 is 3.43. The number of anilines is 2. The fraction of sp³-hybridized carbons (Fsp3) is 0.167. The Kier molecular flexibility index (Phi) is 3.93. The number of hydrogen-bond acceptors (Lipinski definition) is 4. The van der Waals surface area contributed by atoms with Gasteiger partial charge < -0.3 is 11.1 Å². The molecule has 0 aliphatic rings. The van der Waals surface area contributed by atoms with E-state index >= 15 is 0 Å². The molecule has 0 aliphatic heterocycles. The van der Waals surface area contributed by atoms with Crippen LogP contribution >= 0.6 is 15.9 Å². The van der Waals surface area contributed by atoms with Gasteiger partial charge in [-0.2, -0.15) is 0 Å². The maximum absolute atomic E-state index is 5.58. The highest BCUT2D eigenvalue weighted by molar-refractivity contribution is 9.10. The highest BCUT2D eigenvalue weighted by atomic mass is 79.9. The van der Waals surface area contributed by atoms with Crippen molar-refractivity contribution < 1.29 is 0 Å². The number of nitrogens with one attached hydrogen (secondary N) is 1. The van der Waals surface area contributed by atoms with Gasteiger partial charge in [-0.3, -0.25) is 0 Å². The average Bonchev–Trinajstić information content (AvgIpc) is 2.29. The Morgan fingerprint density at radius 1 is 1.29 bits per heavy atom. The van der Waals surface area contributed by atoms with Crippen LogP contribution in [0.3, 0.4) is 0 Å². The largest absolute Gasteiger partial charge is 0.385 e. The summed E-state index contributed by atoms with van der Waals surface area (Å²) in [5, 5.41) is 3.30. The van der Waals surface area contributed by atoms with Gasteiger partial charge in [-0.1, -0.05) is 22.0 Å². The summed E-state index contributed by atoms with van der Waals surface area (Å²) in [6.07, 6.45) is 2.42. The molecule has 2 aromatic rings. The number of benzene rings is 1. The Bertz CT molecular complexity index is 456. The van der Waals surface area contributed by atoms with E-state index < -0.39 is 0 Å². The third-order valence-corrected chi connectivity index (χ3v) is 2.72. The molecule has 0 atom stereocenters. The minimum Gasteiger partial charge on any atom is -0.385 e. The minimum absolute atomic E-state index is 0.512. The van der Waals surface area contributed by atoms with Crippen molar-refractivity contribution in [2.45, 2.75) is 6.42 Å². The van der Waals surface area contributed by atoms with Gasteiger partial charge in [0.1, 0.15) is 11.6 Å². The van der Waals surface area contributed by atoms with Crippen LogP contribution in [-0.4, -0.2) is 16.5 Å². The van der Waals surface area contributed by atoms with Crippen LogP contribution in [0.5, 0.6) is 0 Å². The quantitative estimate of drug-likeness (QED) is 0.909. The maximum atomic E-state index is 5.58. The van der Waals surface area contributed by atoms with E-state index in [1.165, 1.54) is 0 Å². The van der Waals surface area contributed by atoms with E-state index in [-0.39, 0.29) is 0 Å². The topological polar surface area (TPSA) is 63.8 Å². The third kappa shape index (κ3) is 3.71. The van der Waals surface area contributed by atoms with Gasteiger partial charge in [0.15, 0.2) is 0 Å². The molecule has 0 radical (unpaired) electrons. The molecule has 1 aromatic carbocycles. The summed E-state index contributed by atoms with van der Waals surface area (Å²) in [7, 11) is 0. The van der Waals surface area contributed by atoms with Crippen molar-refractivity contribution in [3.05, 3.63) is 46.8 Å². The van der Waals surface area contributed by atoms with Gasteiger partial charge in [0.25, 0.3) is 0 Å². The molecule has 0 aliphatic carbocycles. The Balaban J connectivity index is 1.87. The van der Waals surface area contributed by atoms with Gasteiger partial charge in [0.05, 0.1) is 0 Å². The van der Waals surface area contributed by atoms with Crippen molar-refractivity contribution >= 4 is 27.4 Å². The predicted molar refractivity (Wildman–Crippen MR) is 72.8 cm³/mol. The molecule has 2 rings (SSSR count). The second-order valence-corrected chi connectivity index (χ2v) is 4.50. The molecule has 0 saturated heterocycles. The summed E-state index contributed by atoms with van der Waals surface area (Å²) in [5.41, 5.74) is 6.66. The summed E-state index contributed by atoms with van der Waals surface area (Å²) in [5.74, 6) is 1.27. The second kappa shape index (κ2) is 5.63. The van der Waals surface area contributed by atoms with E-state index in [1.807, 2.05) is 24.3 Å². The number of nitrogens with two attached hydrogens (primary N) is 1. The first-order valence-electron chi connectivity index (χ1n) is 5.31. The van der Waals surface area contributed by atoms with Gasteiger partial charge in [0, 0.05) is 29.3 Å². The number of nitrogen functional groups attached to an aromatic ring is 1. The van der Waals surface area contributed by atoms with Crippen molar-refractivity contribution in [3.8, 4) is 0 Å². The van der Waals surface area contributed by atoms with Crippen LogP contribution in [0.25, 0.3) is 0 Å². The van der Waals surface area contributed by atoms with Crippen LogP contribution in [0, 0.1) is 0 Å². The highest BCUT2D eigenvalue weighted by Crippen LogP contribution is 2.15. The zero-order valence-corrected chi connectivity index (χ0v) is 10.8. The summed E-state index contributed by atoms with van der Waals surface area (Å²) in [4.78, 5) is 8.29. The monoisotopic (exact) mass is 292 g/mol. The van der Waals surface area contributed by atoms with Crippen LogP contribution in [-0.2, 0) is 6.42 Å². The molecule has 1 aromatic heterocycles. The number of nitrogens with zero attached hydrogens (tertiary/aromatic N) is 2. The fourth-order valence-corrected chi connectivity index (χ4v) is 1.85. The van der Waals surface area contributed by atoms with Crippen LogP contribution < -0.4 is 11.1 Å². The zero-order chi connectivity index (χ0) is 12.1. The fourth-order valence-electron chi connectivity index (χ4n) is 1.45. The molecule has 0 saturated carbocycles. The van der Waals surface area contributed by atoms with E-state index in [0.717, 1.165) is 29.0 Å². The van der Waals surface area contributed by atoms with Crippen LogP contribution in [0.2, 0.25) is 0 Å². The normalized spacial score (nSPS) is 10.2. The standard InChI is InChI=1S/C12H13BrN4/c13-9-2-1-3-10(8-9)15-7-5-12-16-6-4-11(14)17-12/h1-4,6,8,15H,5,7H2,(H2,14,16,17). The van der Waals surface area contributed by atoms with Gasteiger partial charge in [-0.15, -0.1) is 0 Å². The SMILES string of the molecule is Nc1ccnc(CCNc2cccc(Br)c2)n1. The van der Waals surface area contributed by atoms with Crippen LogP contribution in [0.4, 0.5) is 11.5 Å². The number of rotatable bonds is 4. The molecule has 0 spiro atoms. The lowest BCUT2D eigenvalue weighted by Crippen LogP contribution is -2.08. The molecule has 4 nitrogen and oxygen atoms in total. The van der Waals surface area contributed by atoms with Crippen LogP contribution in [0.1, 0.15) is 5.82 Å². The smallest absolute Gasteiger partial charge is 0.132 e. The summed E-state index contributed by atoms with van der Waals surface area (Å²) in [6, 6.07) is 9.71. The van der Waals surface area contributed by atoms with Crippen molar-refractivity contribution in [3.63, 3.8) is 0 Å². The Morgan fingerprint density at radius 3 is 2.94 bits per heavy atom. The maximum Gasteiger partial charge on any atom is 0.132 e. The van der Waals surface area contributed by atoms with Crippen molar-refractivity contribution in [1.29, 1.82) is 0 Å². The lowest BCUT2D eigenvalue weighted by atomic mass is 10.3. The van der Waals surface area contributed by atoms with Gasteiger partial charge in [-0.25, -0.2) is 9.97 Å². The Morgan fingerprint density at radius 2 is 2.18 bits per heavy atom. The third-order valence-electron chi connectivity index (χ3n) is 2.23. The molecule has 88 valence electrons. The van der Waals surface area contributed by atoms with Crippen LogP contribution in [0.15, 0.2) is 41.0 Å². The number of aromatic nitrogens is 2. The van der Waals surface area contributed by atoms with E-state index in [4.69, 9.17) is 5.73 Å². The molecule has 3 N–H and O–H groups in total. The van der Waals surface area contributed by atoms with Gasteiger partial charge in [-0.05, 0) is 24.3 Å². The molecule has 17 heavy (non-hydrogen) atoms. The number of halogens is 1. The average molecular weight is 293 g/mol. The predicted octanol–water partition coefficient (Wildman–Crippen LogP) is 2.48. The molecule has 0 amide bonds. The summed E-state index contributed by atoms with van der Waals surface area (Å²) in [6.45, 7) is 0.778. The highest BCUT2D eigenvalue weighted by Gasteiger charge is 1.97. The molecule has 1 heterocycles. The minimum atomic E-state index is 0.512. The van der Waals surface area contributed by atoms with Crippen molar-refractivity contribution in [2.24, 2.45) is 0 Å². The first-order valence-corrected chi connectivity index (χ1v) is 6.10. The van der Waals surface area contributed by atoms with E-state index in [2.05, 4.69) is 31.2 Å². The molecule has 0 bridgehead atoms. The second-order valence-electron chi connectivity index (χ2n) is 3.58. The molecular weight excluding hydrogens is 280 g/mol. The van der Waals surface area contributed by atoms with E-state index in [0.29, 0.717) is 5.82 Å². The molecule has 0 unspecified atom stereocenters. The molecular formula is C12H13BrN4. The molecule has 5 heteroatoms. The van der Waals surface area contributed by atoms with Crippen molar-refractivity contribution in [1.82, 2.24) is 9.97 Å². The lowest BCUT2D eigenvalue weighted by molar-refractivity contribution is 0.898. The van der Waals surface area contributed by atoms with Gasteiger partial charge >= 0.3 is 0 Å². The van der Waals surface area contributed by atoms with E-state index in [9.17, 15) is 0 Å². The molecule has 0 fully saturated rings. The number of hydrogen-bond donors (Lipinski definition) is 2. The Labute approximate surface area is 108 Å². The Hall–Kier alpha value is -1.62. The van der Waals surface area contributed by atoms with E-state index in [1.54, 1.807) is 12.3 Å². The lowest BCUT2D eigenvalue weighted by Gasteiger charge is -2.06. The zero-order valence-electron chi connectivity index (χ0n) is 9.23. The first-order chi connectivity index (χ1) is 8.24. The van der Waals surface area contributed by atoms with Gasteiger partial charge in [0.2, 0.25) is 0 Å². The first kappa shape index (κ1) is 11.9. The van der Waals surface area contributed by atoms with Crippen molar-refractivity contribution in [2.75, 3.05) is 17.6 Å².